The van der Waals surface area contributed by atoms with Crippen LogP contribution in [-0.2, 0) is 11.0 Å². The van der Waals surface area contributed by atoms with Crippen LogP contribution in [0, 0.1) is 10.1 Å². The lowest BCUT2D eigenvalue weighted by molar-refractivity contribution is -0.388. The summed E-state index contributed by atoms with van der Waals surface area (Å²) in [6.45, 7) is 1.44. The van der Waals surface area contributed by atoms with E-state index in [0.29, 0.717) is 23.8 Å². The van der Waals surface area contributed by atoms with Gasteiger partial charge >= 0.3 is 6.18 Å². The van der Waals surface area contributed by atoms with E-state index in [4.69, 9.17) is 0 Å². The molecule has 0 aliphatic heterocycles. The molecule has 0 radical (unpaired) electrons. The summed E-state index contributed by atoms with van der Waals surface area (Å²) in [4.78, 5) is 20.3. The number of carbonyl (C=O) groups is 1. The second kappa shape index (κ2) is 7.26. The number of carbonyl (C=O) groups excluding carboxylic acids is 1. The lowest BCUT2D eigenvalue weighted by atomic mass is 10.1. The Morgan fingerprint density at radius 2 is 2.10 bits per heavy atom. The van der Waals surface area contributed by atoms with Crippen molar-refractivity contribution in [1.82, 2.24) is 0 Å². The molecule has 0 spiro atoms. The van der Waals surface area contributed by atoms with E-state index in [9.17, 15) is 28.1 Å². The van der Waals surface area contributed by atoms with Crippen molar-refractivity contribution < 1.29 is 22.9 Å². The molecule has 0 saturated heterocycles. The van der Waals surface area contributed by atoms with Gasteiger partial charge in [-0.25, -0.2) is 0 Å². The Morgan fingerprint density at radius 3 is 2.62 bits per heavy atom. The second-order valence-corrected chi connectivity index (χ2v) is 5.33. The van der Waals surface area contributed by atoms with E-state index < -0.39 is 22.4 Å². The monoisotopic (exact) mass is 319 g/mol. The molecule has 0 amide bonds. The highest BCUT2D eigenvalue weighted by Gasteiger charge is 2.38. The molecule has 0 heterocycles. The molecule has 114 valence electrons. The molecule has 1 aromatic rings. The van der Waals surface area contributed by atoms with Crippen molar-refractivity contribution in [3.05, 3.63) is 45.5 Å². The Bertz CT molecular complexity index is 570. The predicted molar refractivity (Wildman–Crippen MR) is 74.9 cm³/mol. The van der Waals surface area contributed by atoms with E-state index in [0.717, 1.165) is 17.8 Å². The molecule has 0 aliphatic carbocycles. The zero-order valence-electron chi connectivity index (χ0n) is 11.0. The molecule has 0 fully saturated rings. The van der Waals surface area contributed by atoms with Crippen molar-refractivity contribution >= 4 is 28.6 Å². The first-order valence-corrected chi connectivity index (χ1v) is 6.86. The molecule has 8 heteroatoms. The zero-order valence-corrected chi connectivity index (χ0v) is 11.8. The average molecular weight is 319 g/mol. The zero-order chi connectivity index (χ0) is 16.0. The van der Waals surface area contributed by atoms with Crippen LogP contribution in [0.1, 0.15) is 24.5 Å². The highest BCUT2D eigenvalue weighted by Crippen LogP contribution is 2.36. The third-order valence-corrected chi connectivity index (χ3v) is 3.27. The summed E-state index contributed by atoms with van der Waals surface area (Å²) >= 11 is 1.13. The van der Waals surface area contributed by atoms with Crippen LogP contribution < -0.4 is 0 Å². The first kappa shape index (κ1) is 17.2. The number of hydrogen-bond donors (Lipinski definition) is 0. The maximum Gasteiger partial charge on any atom is 0.422 e. The fourth-order valence-corrected chi connectivity index (χ4v) is 2.07. The van der Waals surface area contributed by atoms with Crippen LogP contribution in [0.25, 0.3) is 6.08 Å². The van der Waals surface area contributed by atoms with Gasteiger partial charge in [-0.15, -0.1) is 0 Å². The first-order chi connectivity index (χ1) is 9.71. The molecule has 1 aromatic carbocycles. The number of hydrogen-bond acceptors (Lipinski definition) is 4. The van der Waals surface area contributed by atoms with Gasteiger partial charge in [-0.05, 0) is 18.1 Å². The summed E-state index contributed by atoms with van der Waals surface area (Å²) < 4.78 is 37.8. The maximum absolute atomic E-state index is 12.6. The van der Waals surface area contributed by atoms with Crippen molar-refractivity contribution in [2.75, 3.05) is 5.75 Å². The molecule has 0 N–H and O–H groups in total. The van der Waals surface area contributed by atoms with Crippen LogP contribution in [0.2, 0.25) is 0 Å². The summed E-state index contributed by atoms with van der Waals surface area (Å²) in [6.07, 6.45) is -1.07. The fourth-order valence-electron chi connectivity index (χ4n) is 1.53. The fraction of sp³-hybridized carbons (Fsp3) is 0.308. The minimum Gasteiger partial charge on any atom is -0.288 e. The van der Waals surface area contributed by atoms with Gasteiger partial charge < -0.3 is 0 Å². The number of rotatable bonds is 5. The third kappa shape index (κ3) is 5.58. The summed E-state index contributed by atoms with van der Waals surface area (Å²) in [6, 6.07) is 2.75. The number of nitro benzene ring substituents is 1. The van der Waals surface area contributed by atoms with Gasteiger partial charge in [0.15, 0.2) is 5.12 Å². The Morgan fingerprint density at radius 1 is 1.43 bits per heavy atom. The highest BCUT2D eigenvalue weighted by molar-refractivity contribution is 8.13. The van der Waals surface area contributed by atoms with Crippen molar-refractivity contribution in [1.29, 1.82) is 0 Å². The summed E-state index contributed by atoms with van der Waals surface area (Å²) in [5.41, 5.74) is -1.93. The van der Waals surface area contributed by atoms with Crippen LogP contribution in [-0.4, -0.2) is 15.8 Å². The number of halogens is 3. The second-order valence-electron chi connectivity index (χ2n) is 4.06. The molecule has 0 aromatic heterocycles. The van der Waals surface area contributed by atoms with Crippen LogP contribution >= 0.6 is 11.8 Å². The number of nitrogens with zero attached hydrogens (tertiary/aromatic N) is 1. The van der Waals surface area contributed by atoms with Gasteiger partial charge in [-0.2, -0.15) is 13.2 Å². The van der Waals surface area contributed by atoms with Gasteiger partial charge in [0.1, 0.15) is 5.56 Å². The van der Waals surface area contributed by atoms with Crippen LogP contribution in [0.3, 0.4) is 0 Å². The van der Waals surface area contributed by atoms with Crippen molar-refractivity contribution in [3.8, 4) is 0 Å². The molecule has 0 atom stereocenters. The minimum absolute atomic E-state index is 0.0198. The summed E-state index contributed by atoms with van der Waals surface area (Å²) in [5, 5.41) is 10.7. The topological polar surface area (TPSA) is 60.2 Å². The highest BCUT2D eigenvalue weighted by atomic mass is 32.2. The van der Waals surface area contributed by atoms with E-state index in [-0.39, 0.29) is 5.12 Å². The van der Waals surface area contributed by atoms with Gasteiger partial charge in [0, 0.05) is 18.7 Å². The van der Waals surface area contributed by atoms with Crippen molar-refractivity contribution in [2.24, 2.45) is 0 Å². The standard InChI is InChI=1S/C13H12F3NO3S/c1-9(18)21-7-3-2-4-10-5-6-11(13(14,15)16)12(8-10)17(19)20/h2,4-6,8H,3,7H2,1H3. The van der Waals surface area contributed by atoms with Gasteiger partial charge in [0.2, 0.25) is 0 Å². The number of allylic oxidation sites excluding steroid dienone is 1. The molecule has 0 unspecified atom stereocenters. The number of benzene rings is 1. The molecule has 1 rings (SSSR count). The Balaban J connectivity index is 2.87. The van der Waals surface area contributed by atoms with Gasteiger partial charge in [0.05, 0.1) is 4.92 Å². The quantitative estimate of drug-likeness (QED) is 0.461. The van der Waals surface area contributed by atoms with E-state index in [1.807, 2.05) is 0 Å². The van der Waals surface area contributed by atoms with Gasteiger partial charge in [-0.3, -0.25) is 14.9 Å². The average Bonchev–Trinajstić information content (AvgIpc) is 2.36. The smallest absolute Gasteiger partial charge is 0.288 e. The van der Waals surface area contributed by atoms with Gasteiger partial charge in [-0.1, -0.05) is 30.0 Å². The molecular formula is C13H12F3NO3S. The first-order valence-electron chi connectivity index (χ1n) is 5.87. The normalized spacial score (nSPS) is 11.8. The Hall–Kier alpha value is -1.83. The maximum atomic E-state index is 12.6. The number of nitro groups is 1. The molecule has 21 heavy (non-hydrogen) atoms. The van der Waals surface area contributed by atoms with E-state index in [1.54, 1.807) is 6.08 Å². The lowest BCUT2D eigenvalue weighted by Crippen LogP contribution is -2.08. The minimum atomic E-state index is -4.76. The molecular weight excluding hydrogens is 307 g/mol. The van der Waals surface area contributed by atoms with E-state index in [1.165, 1.54) is 19.1 Å². The lowest BCUT2D eigenvalue weighted by Gasteiger charge is -2.07. The molecule has 0 aliphatic rings. The predicted octanol–water partition coefficient (Wildman–Crippen LogP) is 4.30. The van der Waals surface area contributed by atoms with Gasteiger partial charge in [0.25, 0.3) is 5.69 Å². The Kier molecular flexibility index (Phi) is 5.95. The largest absolute Gasteiger partial charge is 0.422 e. The SMILES string of the molecule is CC(=O)SCCC=Cc1ccc(C(F)(F)F)c([N+](=O)[O-])c1. The summed E-state index contributed by atoms with van der Waals surface area (Å²) in [7, 11) is 0. The van der Waals surface area contributed by atoms with Crippen LogP contribution in [0.15, 0.2) is 24.3 Å². The van der Waals surface area contributed by atoms with Crippen molar-refractivity contribution in [2.45, 2.75) is 19.5 Å². The molecule has 0 bridgehead atoms. The summed E-state index contributed by atoms with van der Waals surface area (Å²) in [5.74, 6) is 0.550. The van der Waals surface area contributed by atoms with Crippen LogP contribution in [0.5, 0.6) is 0 Å². The van der Waals surface area contributed by atoms with E-state index >= 15 is 0 Å². The van der Waals surface area contributed by atoms with Crippen molar-refractivity contribution in [3.63, 3.8) is 0 Å². The van der Waals surface area contributed by atoms with E-state index in [2.05, 4.69) is 0 Å². The number of alkyl halides is 3. The van der Waals surface area contributed by atoms with Crippen LogP contribution in [0.4, 0.5) is 18.9 Å². The molecule has 4 nitrogen and oxygen atoms in total. The third-order valence-electron chi connectivity index (χ3n) is 2.42. The number of thioether (sulfide) groups is 1. The molecule has 0 saturated carbocycles. The Labute approximate surface area is 123 Å².